The topological polar surface area (TPSA) is 78.9 Å². The molecule has 0 bridgehead atoms. The molecule has 0 aliphatic heterocycles. The summed E-state index contributed by atoms with van der Waals surface area (Å²) in [4.78, 5) is 0. The molecular formula is C14H13N5O. The van der Waals surface area contributed by atoms with E-state index in [-0.39, 0.29) is 0 Å². The number of nitrogen functional groups attached to an aromatic ring is 1. The van der Waals surface area contributed by atoms with Crippen molar-refractivity contribution in [3.63, 3.8) is 0 Å². The van der Waals surface area contributed by atoms with Crippen molar-refractivity contribution < 1.29 is 4.74 Å². The minimum absolute atomic E-state index is 0.621. The fourth-order valence-corrected chi connectivity index (χ4v) is 1.99. The molecule has 100 valence electrons. The smallest absolute Gasteiger partial charge is 0.187 e. The summed E-state index contributed by atoms with van der Waals surface area (Å²) in [6.07, 6.45) is 0. The lowest BCUT2D eigenvalue weighted by Crippen LogP contribution is -2.03. The van der Waals surface area contributed by atoms with E-state index in [2.05, 4.69) is 15.5 Å². The molecule has 0 saturated heterocycles. The quantitative estimate of drug-likeness (QED) is 0.733. The summed E-state index contributed by atoms with van der Waals surface area (Å²) in [5.41, 5.74) is 8.08. The van der Waals surface area contributed by atoms with Crippen molar-refractivity contribution in [3.05, 3.63) is 48.5 Å². The van der Waals surface area contributed by atoms with Crippen LogP contribution >= 0.6 is 0 Å². The molecule has 0 amide bonds. The van der Waals surface area contributed by atoms with Crippen molar-refractivity contribution >= 4 is 5.69 Å². The molecule has 0 spiro atoms. The summed E-state index contributed by atoms with van der Waals surface area (Å²) in [7, 11) is 1.60. The van der Waals surface area contributed by atoms with Crippen LogP contribution in [0.3, 0.4) is 0 Å². The summed E-state index contributed by atoms with van der Waals surface area (Å²) in [5, 5.41) is 11.9. The molecule has 6 heteroatoms. The number of benzene rings is 2. The first-order chi connectivity index (χ1) is 9.79. The highest BCUT2D eigenvalue weighted by atomic mass is 16.5. The highest BCUT2D eigenvalue weighted by Gasteiger charge is 2.14. The first-order valence-corrected chi connectivity index (χ1v) is 6.07. The lowest BCUT2D eigenvalue weighted by Gasteiger charge is -2.10. The molecule has 0 unspecified atom stereocenters. The fraction of sp³-hybridized carbons (Fsp3) is 0.0714. The Morgan fingerprint density at radius 3 is 2.65 bits per heavy atom. The molecule has 3 aromatic rings. The summed E-state index contributed by atoms with van der Waals surface area (Å²) in [6, 6.07) is 15.0. The van der Waals surface area contributed by atoms with Gasteiger partial charge in [0, 0.05) is 11.3 Å². The van der Waals surface area contributed by atoms with Crippen molar-refractivity contribution in [1.82, 2.24) is 20.2 Å². The zero-order valence-corrected chi connectivity index (χ0v) is 10.9. The van der Waals surface area contributed by atoms with E-state index in [1.54, 1.807) is 30.0 Å². The Labute approximate surface area is 115 Å². The number of methoxy groups -OCH3 is 1. The maximum absolute atomic E-state index is 5.84. The highest BCUT2D eigenvalue weighted by molar-refractivity contribution is 5.62. The number of nitrogens with two attached hydrogens (primary N) is 1. The molecule has 0 radical (unpaired) electrons. The average molecular weight is 267 g/mol. The van der Waals surface area contributed by atoms with E-state index in [1.807, 2.05) is 30.3 Å². The van der Waals surface area contributed by atoms with E-state index in [1.165, 1.54) is 0 Å². The Morgan fingerprint density at radius 2 is 1.90 bits per heavy atom. The second-order valence-electron chi connectivity index (χ2n) is 4.21. The van der Waals surface area contributed by atoms with Crippen molar-refractivity contribution in [1.29, 1.82) is 0 Å². The fourth-order valence-electron chi connectivity index (χ4n) is 1.99. The molecule has 2 N–H and O–H groups in total. The third-order valence-corrected chi connectivity index (χ3v) is 2.93. The maximum atomic E-state index is 5.84. The summed E-state index contributed by atoms with van der Waals surface area (Å²) >= 11 is 0. The van der Waals surface area contributed by atoms with Gasteiger partial charge in [-0.25, -0.2) is 0 Å². The Morgan fingerprint density at radius 1 is 1.10 bits per heavy atom. The van der Waals surface area contributed by atoms with Gasteiger partial charge in [-0.1, -0.05) is 30.3 Å². The van der Waals surface area contributed by atoms with Gasteiger partial charge in [-0.3, -0.25) is 0 Å². The van der Waals surface area contributed by atoms with E-state index < -0.39 is 0 Å². The number of hydrogen-bond acceptors (Lipinski definition) is 5. The minimum atomic E-state index is 0.621. The number of ether oxygens (including phenoxy) is 1. The third-order valence-electron chi connectivity index (χ3n) is 2.93. The second kappa shape index (κ2) is 5.00. The Hall–Kier alpha value is -2.89. The Bertz CT molecular complexity index is 723. The number of tetrazole rings is 1. The maximum Gasteiger partial charge on any atom is 0.187 e. The van der Waals surface area contributed by atoms with Crippen LogP contribution in [0.15, 0.2) is 48.5 Å². The van der Waals surface area contributed by atoms with Crippen molar-refractivity contribution in [2.75, 3.05) is 12.8 Å². The summed E-state index contributed by atoms with van der Waals surface area (Å²) < 4.78 is 6.96. The number of rotatable bonds is 3. The van der Waals surface area contributed by atoms with E-state index in [0.29, 0.717) is 22.9 Å². The van der Waals surface area contributed by atoms with Gasteiger partial charge in [0.1, 0.15) is 11.4 Å². The van der Waals surface area contributed by atoms with Crippen LogP contribution in [0.25, 0.3) is 17.1 Å². The molecule has 0 saturated carbocycles. The molecule has 6 nitrogen and oxygen atoms in total. The highest BCUT2D eigenvalue weighted by Crippen LogP contribution is 2.27. The third kappa shape index (κ3) is 2.07. The van der Waals surface area contributed by atoms with Gasteiger partial charge in [-0.05, 0) is 28.6 Å². The predicted octanol–water partition coefficient (Wildman–Crippen LogP) is 1.92. The Balaban J connectivity index is 2.18. The SMILES string of the molecule is COc1ccc(N)cc1-n1nnnc1-c1ccccc1. The lowest BCUT2D eigenvalue weighted by atomic mass is 10.2. The standard InChI is InChI=1S/C14H13N5O/c1-20-13-8-7-11(15)9-12(13)19-14(16-17-18-19)10-5-3-2-4-6-10/h2-9H,15H2,1H3. The molecule has 1 aromatic heterocycles. The number of nitrogens with zero attached hydrogens (tertiary/aromatic N) is 4. The van der Waals surface area contributed by atoms with E-state index >= 15 is 0 Å². The molecule has 2 aromatic carbocycles. The average Bonchev–Trinajstić information content (AvgIpc) is 2.97. The van der Waals surface area contributed by atoms with Crippen LogP contribution < -0.4 is 10.5 Å². The van der Waals surface area contributed by atoms with Crippen LogP contribution in [0.1, 0.15) is 0 Å². The lowest BCUT2D eigenvalue weighted by molar-refractivity contribution is 0.411. The first kappa shape index (κ1) is 12.2. The zero-order valence-electron chi connectivity index (χ0n) is 10.9. The van der Waals surface area contributed by atoms with Gasteiger partial charge in [0.25, 0.3) is 0 Å². The van der Waals surface area contributed by atoms with Gasteiger partial charge in [-0.2, -0.15) is 4.68 Å². The number of hydrogen-bond donors (Lipinski definition) is 1. The van der Waals surface area contributed by atoms with Crippen molar-refractivity contribution in [2.24, 2.45) is 0 Å². The van der Waals surface area contributed by atoms with E-state index in [9.17, 15) is 0 Å². The van der Waals surface area contributed by atoms with Crippen LogP contribution in [-0.2, 0) is 0 Å². The van der Waals surface area contributed by atoms with Gasteiger partial charge >= 0.3 is 0 Å². The molecule has 1 heterocycles. The summed E-state index contributed by atoms with van der Waals surface area (Å²) in [5.74, 6) is 1.29. The van der Waals surface area contributed by atoms with Gasteiger partial charge < -0.3 is 10.5 Å². The van der Waals surface area contributed by atoms with Crippen LogP contribution in [-0.4, -0.2) is 27.3 Å². The zero-order chi connectivity index (χ0) is 13.9. The van der Waals surface area contributed by atoms with E-state index in [0.717, 1.165) is 5.56 Å². The monoisotopic (exact) mass is 267 g/mol. The van der Waals surface area contributed by atoms with Gasteiger partial charge in [0.05, 0.1) is 7.11 Å². The molecule has 0 aliphatic rings. The Kier molecular flexibility index (Phi) is 3.04. The largest absolute Gasteiger partial charge is 0.494 e. The molecular weight excluding hydrogens is 254 g/mol. The van der Waals surface area contributed by atoms with Gasteiger partial charge in [0.15, 0.2) is 5.82 Å². The predicted molar refractivity (Wildman–Crippen MR) is 75.6 cm³/mol. The molecule has 0 atom stereocenters. The first-order valence-electron chi connectivity index (χ1n) is 6.07. The summed E-state index contributed by atoms with van der Waals surface area (Å²) in [6.45, 7) is 0. The molecule has 0 fully saturated rings. The van der Waals surface area contributed by atoms with Crippen LogP contribution in [0.5, 0.6) is 5.75 Å². The second-order valence-corrected chi connectivity index (χ2v) is 4.21. The molecule has 3 rings (SSSR count). The normalized spacial score (nSPS) is 10.4. The minimum Gasteiger partial charge on any atom is -0.494 e. The molecule has 20 heavy (non-hydrogen) atoms. The van der Waals surface area contributed by atoms with Gasteiger partial charge in [-0.15, -0.1) is 5.10 Å². The van der Waals surface area contributed by atoms with Crippen molar-refractivity contribution in [3.8, 4) is 22.8 Å². The van der Waals surface area contributed by atoms with Crippen molar-refractivity contribution in [2.45, 2.75) is 0 Å². The number of aromatic nitrogens is 4. The van der Waals surface area contributed by atoms with Crippen LogP contribution in [0, 0.1) is 0 Å². The van der Waals surface area contributed by atoms with E-state index in [4.69, 9.17) is 10.5 Å². The number of anilines is 1. The molecule has 0 aliphatic carbocycles. The van der Waals surface area contributed by atoms with Crippen LogP contribution in [0.4, 0.5) is 5.69 Å². The van der Waals surface area contributed by atoms with Crippen LogP contribution in [0.2, 0.25) is 0 Å². The van der Waals surface area contributed by atoms with Gasteiger partial charge in [0.2, 0.25) is 0 Å².